The Balaban J connectivity index is 1.94. The molecule has 4 nitrogen and oxygen atoms in total. The first kappa shape index (κ1) is 15.2. The smallest absolute Gasteiger partial charge is 0.269 e. The lowest BCUT2D eigenvalue weighted by Crippen LogP contribution is -2.30. The van der Waals surface area contributed by atoms with Gasteiger partial charge in [0.05, 0.1) is 4.92 Å². The second kappa shape index (κ2) is 7.55. The van der Waals surface area contributed by atoms with Crippen LogP contribution in [0.1, 0.15) is 24.5 Å². The fourth-order valence-electron chi connectivity index (χ4n) is 2.30. The average molecular weight is 284 g/mol. The minimum atomic E-state index is -0.356. The molecule has 0 aliphatic carbocycles. The predicted octanol–water partition coefficient (Wildman–Crippen LogP) is 3.71. The van der Waals surface area contributed by atoms with Crippen molar-refractivity contribution in [1.29, 1.82) is 0 Å². The Morgan fingerprint density at radius 1 is 1.10 bits per heavy atom. The lowest BCUT2D eigenvalue weighted by molar-refractivity contribution is -0.384. The van der Waals surface area contributed by atoms with Crippen molar-refractivity contribution in [1.82, 2.24) is 5.32 Å². The molecule has 21 heavy (non-hydrogen) atoms. The van der Waals surface area contributed by atoms with Crippen LogP contribution in [0.5, 0.6) is 0 Å². The van der Waals surface area contributed by atoms with E-state index >= 15 is 0 Å². The van der Waals surface area contributed by atoms with E-state index in [4.69, 9.17) is 0 Å². The molecule has 1 atom stereocenters. The molecule has 110 valence electrons. The second-order valence-corrected chi connectivity index (χ2v) is 5.10. The van der Waals surface area contributed by atoms with Crippen molar-refractivity contribution in [3.8, 4) is 0 Å². The van der Waals surface area contributed by atoms with Crippen LogP contribution in [0.3, 0.4) is 0 Å². The van der Waals surface area contributed by atoms with Gasteiger partial charge < -0.3 is 5.32 Å². The summed E-state index contributed by atoms with van der Waals surface area (Å²) in [7, 11) is 0. The van der Waals surface area contributed by atoms with Crippen molar-refractivity contribution >= 4 is 5.69 Å². The van der Waals surface area contributed by atoms with Crippen LogP contribution in [0.4, 0.5) is 5.69 Å². The van der Waals surface area contributed by atoms with Crippen molar-refractivity contribution in [3.63, 3.8) is 0 Å². The van der Waals surface area contributed by atoms with E-state index in [0.29, 0.717) is 12.6 Å². The van der Waals surface area contributed by atoms with Crippen LogP contribution in [0.25, 0.3) is 0 Å². The summed E-state index contributed by atoms with van der Waals surface area (Å²) in [6.07, 6.45) is 1.98. The van der Waals surface area contributed by atoms with Crippen LogP contribution in [0.2, 0.25) is 0 Å². The van der Waals surface area contributed by atoms with Crippen LogP contribution < -0.4 is 5.32 Å². The number of rotatable bonds is 7. The first-order chi connectivity index (χ1) is 10.2. The Hall–Kier alpha value is -2.20. The van der Waals surface area contributed by atoms with Gasteiger partial charge in [0, 0.05) is 24.7 Å². The van der Waals surface area contributed by atoms with Crippen molar-refractivity contribution in [2.45, 2.75) is 32.4 Å². The molecule has 0 aliphatic rings. The number of hydrogen-bond acceptors (Lipinski definition) is 3. The maximum atomic E-state index is 10.8. The predicted molar refractivity (Wildman–Crippen MR) is 84.2 cm³/mol. The average Bonchev–Trinajstić information content (AvgIpc) is 2.52. The highest BCUT2D eigenvalue weighted by molar-refractivity contribution is 5.34. The molecule has 0 bridgehead atoms. The molecular formula is C17H20N2O2. The first-order valence-electron chi connectivity index (χ1n) is 7.19. The van der Waals surface area contributed by atoms with Gasteiger partial charge in [-0.3, -0.25) is 10.1 Å². The molecule has 0 heterocycles. The van der Waals surface area contributed by atoms with Gasteiger partial charge in [0.1, 0.15) is 0 Å². The Kier molecular flexibility index (Phi) is 5.46. The molecule has 1 unspecified atom stereocenters. The minimum Gasteiger partial charge on any atom is -0.310 e. The van der Waals surface area contributed by atoms with Gasteiger partial charge >= 0.3 is 0 Å². The standard InChI is InChI=1S/C17H20N2O2/c1-2-16(11-14-7-4-3-5-8-14)18-13-15-9-6-10-17(12-15)19(20)21/h3-10,12,16,18H,2,11,13H2,1H3. The molecular weight excluding hydrogens is 264 g/mol. The zero-order chi connectivity index (χ0) is 15.1. The van der Waals surface area contributed by atoms with Gasteiger partial charge in [0.25, 0.3) is 5.69 Å². The summed E-state index contributed by atoms with van der Waals surface area (Å²) < 4.78 is 0. The number of nitro benzene ring substituents is 1. The number of nitro groups is 1. The van der Waals surface area contributed by atoms with E-state index in [-0.39, 0.29) is 10.6 Å². The molecule has 0 spiro atoms. The number of nitrogens with zero attached hydrogens (tertiary/aromatic N) is 1. The minimum absolute atomic E-state index is 0.144. The number of non-ortho nitro benzene ring substituents is 1. The van der Waals surface area contributed by atoms with E-state index in [9.17, 15) is 10.1 Å². The topological polar surface area (TPSA) is 55.2 Å². The fraction of sp³-hybridized carbons (Fsp3) is 0.294. The van der Waals surface area contributed by atoms with E-state index in [0.717, 1.165) is 18.4 Å². The van der Waals surface area contributed by atoms with Gasteiger partial charge in [-0.1, -0.05) is 49.4 Å². The molecule has 0 fully saturated rings. The van der Waals surface area contributed by atoms with Crippen LogP contribution >= 0.6 is 0 Å². The summed E-state index contributed by atoms with van der Waals surface area (Å²) in [5, 5.41) is 14.3. The molecule has 2 aromatic rings. The van der Waals surface area contributed by atoms with E-state index in [1.54, 1.807) is 12.1 Å². The van der Waals surface area contributed by atoms with Crippen molar-refractivity contribution in [2.75, 3.05) is 0 Å². The summed E-state index contributed by atoms with van der Waals surface area (Å²) in [4.78, 5) is 10.4. The molecule has 0 aromatic heterocycles. The molecule has 2 aromatic carbocycles. The molecule has 0 radical (unpaired) electrons. The number of nitrogens with one attached hydrogen (secondary N) is 1. The summed E-state index contributed by atoms with van der Waals surface area (Å²) in [6, 6.07) is 17.5. The molecule has 0 aliphatic heterocycles. The third kappa shape index (κ3) is 4.68. The van der Waals surface area contributed by atoms with Crippen molar-refractivity contribution < 1.29 is 4.92 Å². The third-order valence-electron chi connectivity index (χ3n) is 3.53. The van der Waals surface area contributed by atoms with Crippen molar-refractivity contribution in [2.24, 2.45) is 0 Å². The summed E-state index contributed by atoms with van der Waals surface area (Å²) in [5.41, 5.74) is 2.39. The number of benzene rings is 2. The van der Waals surface area contributed by atoms with E-state index in [1.807, 2.05) is 24.3 Å². The lowest BCUT2D eigenvalue weighted by atomic mass is 10.0. The summed E-state index contributed by atoms with van der Waals surface area (Å²) in [6.45, 7) is 2.79. The Labute approximate surface area is 125 Å². The molecule has 1 N–H and O–H groups in total. The SMILES string of the molecule is CCC(Cc1ccccc1)NCc1cccc([N+](=O)[O-])c1. The molecule has 0 saturated heterocycles. The Morgan fingerprint density at radius 2 is 1.81 bits per heavy atom. The Bertz CT molecular complexity index is 584. The largest absolute Gasteiger partial charge is 0.310 e. The van der Waals surface area contributed by atoms with E-state index in [2.05, 4.69) is 24.4 Å². The van der Waals surface area contributed by atoms with Gasteiger partial charge in [-0.15, -0.1) is 0 Å². The quantitative estimate of drug-likeness (QED) is 0.623. The lowest BCUT2D eigenvalue weighted by Gasteiger charge is -2.17. The Morgan fingerprint density at radius 3 is 2.48 bits per heavy atom. The van der Waals surface area contributed by atoms with Crippen LogP contribution in [0.15, 0.2) is 54.6 Å². The summed E-state index contributed by atoms with van der Waals surface area (Å²) >= 11 is 0. The third-order valence-corrected chi connectivity index (χ3v) is 3.53. The zero-order valence-electron chi connectivity index (χ0n) is 12.2. The molecule has 0 saturated carbocycles. The van der Waals surface area contributed by atoms with E-state index < -0.39 is 0 Å². The second-order valence-electron chi connectivity index (χ2n) is 5.10. The zero-order valence-corrected chi connectivity index (χ0v) is 12.2. The maximum Gasteiger partial charge on any atom is 0.269 e. The van der Waals surface area contributed by atoms with Crippen LogP contribution in [-0.2, 0) is 13.0 Å². The van der Waals surface area contributed by atoms with Gasteiger partial charge in [-0.2, -0.15) is 0 Å². The normalized spacial score (nSPS) is 12.0. The van der Waals surface area contributed by atoms with Crippen molar-refractivity contribution in [3.05, 3.63) is 75.8 Å². The highest BCUT2D eigenvalue weighted by Crippen LogP contribution is 2.13. The molecule has 2 rings (SSSR count). The van der Waals surface area contributed by atoms with Crippen LogP contribution in [-0.4, -0.2) is 11.0 Å². The molecule has 4 heteroatoms. The highest BCUT2D eigenvalue weighted by Gasteiger charge is 2.09. The maximum absolute atomic E-state index is 10.8. The van der Waals surface area contributed by atoms with Gasteiger partial charge in [0.15, 0.2) is 0 Å². The van der Waals surface area contributed by atoms with Gasteiger partial charge in [0.2, 0.25) is 0 Å². The van der Waals surface area contributed by atoms with Crippen LogP contribution in [0, 0.1) is 10.1 Å². The van der Waals surface area contributed by atoms with Gasteiger partial charge in [-0.25, -0.2) is 0 Å². The fourth-order valence-corrected chi connectivity index (χ4v) is 2.30. The highest BCUT2D eigenvalue weighted by atomic mass is 16.6. The monoisotopic (exact) mass is 284 g/mol. The van der Waals surface area contributed by atoms with Gasteiger partial charge in [-0.05, 0) is 24.0 Å². The number of hydrogen-bond donors (Lipinski definition) is 1. The summed E-state index contributed by atoms with van der Waals surface area (Å²) in [5.74, 6) is 0. The molecule has 0 amide bonds. The van der Waals surface area contributed by atoms with E-state index in [1.165, 1.54) is 11.6 Å². The first-order valence-corrected chi connectivity index (χ1v) is 7.19.